The molecule has 0 heterocycles. The summed E-state index contributed by atoms with van der Waals surface area (Å²) in [6, 6.07) is 6.39. The van der Waals surface area contributed by atoms with Crippen LogP contribution in [0.3, 0.4) is 0 Å². The van der Waals surface area contributed by atoms with Crippen LogP contribution in [0.25, 0.3) is 0 Å². The Kier molecular flexibility index (Phi) is 4.80. The zero-order valence-corrected chi connectivity index (χ0v) is 9.22. The van der Waals surface area contributed by atoms with E-state index in [1.807, 2.05) is 6.92 Å². The Morgan fingerprint density at radius 1 is 1.19 bits per heavy atom. The largest absolute Gasteiger partial charge is 0.407 e. The van der Waals surface area contributed by atoms with Crippen molar-refractivity contribution in [2.45, 2.75) is 32.0 Å². The van der Waals surface area contributed by atoms with Gasteiger partial charge < -0.3 is 5.32 Å². The summed E-state index contributed by atoms with van der Waals surface area (Å²) in [5.41, 5.74) is 0.270. The van der Waals surface area contributed by atoms with Gasteiger partial charge in [0.25, 0.3) is 0 Å². The molecular formula is C12H16F3N. The van der Waals surface area contributed by atoms with Crippen molar-refractivity contribution in [3.63, 3.8) is 0 Å². The maximum Gasteiger partial charge on any atom is 0.407 e. The maximum atomic E-state index is 12.8. The third-order valence-electron chi connectivity index (χ3n) is 2.34. The molecule has 0 aromatic heterocycles. The van der Waals surface area contributed by atoms with Crippen LogP contribution in [0.1, 0.15) is 31.4 Å². The number of rotatable bonds is 5. The second-order valence-electron chi connectivity index (χ2n) is 3.69. The molecule has 0 radical (unpaired) electrons. The summed E-state index contributed by atoms with van der Waals surface area (Å²) >= 11 is 0. The van der Waals surface area contributed by atoms with Crippen LogP contribution in [0.2, 0.25) is 0 Å². The van der Waals surface area contributed by atoms with E-state index in [2.05, 4.69) is 5.32 Å². The first-order valence-corrected chi connectivity index (χ1v) is 5.40. The molecule has 0 aliphatic heterocycles. The van der Waals surface area contributed by atoms with Gasteiger partial charge in [-0.05, 0) is 18.5 Å². The van der Waals surface area contributed by atoms with Gasteiger partial charge in [0.15, 0.2) is 0 Å². The molecule has 0 amide bonds. The monoisotopic (exact) mass is 231 g/mol. The number of alkyl halides is 3. The molecule has 0 aliphatic carbocycles. The van der Waals surface area contributed by atoms with Crippen molar-refractivity contribution < 1.29 is 13.2 Å². The second-order valence-corrected chi connectivity index (χ2v) is 3.69. The summed E-state index contributed by atoms with van der Waals surface area (Å²) in [5, 5.41) is 2.55. The Bertz CT molecular complexity index is 295. The molecule has 0 fully saturated rings. The molecule has 1 unspecified atom stereocenters. The van der Waals surface area contributed by atoms with Gasteiger partial charge >= 0.3 is 6.18 Å². The molecule has 4 heteroatoms. The Balaban J connectivity index is 2.73. The first-order valence-electron chi connectivity index (χ1n) is 5.40. The van der Waals surface area contributed by atoms with Crippen molar-refractivity contribution in [2.75, 3.05) is 6.54 Å². The average molecular weight is 231 g/mol. The van der Waals surface area contributed by atoms with Crippen LogP contribution in [0.15, 0.2) is 30.3 Å². The topological polar surface area (TPSA) is 12.0 Å². The highest BCUT2D eigenvalue weighted by atomic mass is 19.4. The summed E-state index contributed by atoms with van der Waals surface area (Å²) in [4.78, 5) is 0. The molecule has 1 aromatic rings. The lowest BCUT2D eigenvalue weighted by Gasteiger charge is -2.22. The second kappa shape index (κ2) is 5.89. The van der Waals surface area contributed by atoms with Gasteiger partial charge in [0.1, 0.15) is 6.04 Å². The van der Waals surface area contributed by atoms with Crippen LogP contribution in [0.4, 0.5) is 13.2 Å². The molecule has 90 valence electrons. The van der Waals surface area contributed by atoms with Gasteiger partial charge in [0.2, 0.25) is 0 Å². The third kappa shape index (κ3) is 3.85. The van der Waals surface area contributed by atoms with Crippen molar-refractivity contribution in [1.29, 1.82) is 0 Å². The molecule has 1 nitrogen and oxygen atoms in total. The molecule has 1 aromatic carbocycles. The summed E-state index contributed by atoms with van der Waals surface area (Å²) < 4.78 is 38.3. The molecule has 1 N–H and O–H groups in total. The number of hydrogen-bond acceptors (Lipinski definition) is 1. The van der Waals surface area contributed by atoms with Crippen molar-refractivity contribution in [1.82, 2.24) is 5.32 Å². The minimum atomic E-state index is -4.24. The zero-order chi connectivity index (χ0) is 12.0. The van der Waals surface area contributed by atoms with Gasteiger partial charge in [-0.25, -0.2) is 0 Å². The van der Waals surface area contributed by atoms with Crippen LogP contribution < -0.4 is 5.32 Å². The number of benzene rings is 1. The molecule has 16 heavy (non-hydrogen) atoms. The first-order chi connectivity index (χ1) is 7.55. The van der Waals surface area contributed by atoms with E-state index in [1.165, 1.54) is 12.1 Å². The van der Waals surface area contributed by atoms with E-state index in [0.29, 0.717) is 6.54 Å². The highest BCUT2D eigenvalue weighted by Gasteiger charge is 2.40. The fraction of sp³-hybridized carbons (Fsp3) is 0.500. The van der Waals surface area contributed by atoms with Crippen molar-refractivity contribution in [2.24, 2.45) is 0 Å². The molecule has 0 saturated carbocycles. The van der Waals surface area contributed by atoms with Gasteiger partial charge in [-0.3, -0.25) is 0 Å². The minimum absolute atomic E-state index is 0.270. The lowest BCUT2D eigenvalue weighted by molar-refractivity contribution is -0.157. The quantitative estimate of drug-likeness (QED) is 0.762. The Labute approximate surface area is 93.7 Å². The van der Waals surface area contributed by atoms with Gasteiger partial charge in [-0.1, -0.05) is 43.7 Å². The molecule has 0 bridgehead atoms. The van der Waals surface area contributed by atoms with E-state index < -0.39 is 12.2 Å². The fourth-order valence-corrected chi connectivity index (χ4v) is 1.49. The van der Waals surface area contributed by atoms with E-state index >= 15 is 0 Å². The van der Waals surface area contributed by atoms with Crippen LogP contribution >= 0.6 is 0 Å². The van der Waals surface area contributed by atoms with Crippen LogP contribution in [0, 0.1) is 0 Å². The molecule has 1 rings (SSSR count). The van der Waals surface area contributed by atoms with Crippen LogP contribution in [0.5, 0.6) is 0 Å². The summed E-state index contributed by atoms with van der Waals surface area (Å²) in [6.45, 7) is 2.34. The van der Waals surface area contributed by atoms with Gasteiger partial charge in [0, 0.05) is 0 Å². The number of hydrogen-bond donors (Lipinski definition) is 1. The standard InChI is InChI=1S/C12H16F3N/c1-2-3-9-16-11(12(13,14)15)10-7-5-4-6-8-10/h4-8,11,16H,2-3,9H2,1H3. The predicted molar refractivity (Wildman–Crippen MR) is 58.1 cm³/mol. The number of unbranched alkanes of at least 4 members (excludes halogenated alkanes) is 1. The Morgan fingerprint density at radius 3 is 2.31 bits per heavy atom. The van der Waals surface area contributed by atoms with Gasteiger partial charge in [-0.15, -0.1) is 0 Å². The molecule has 1 atom stereocenters. The third-order valence-corrected chi connectivity index (χ3v) is 2.34. The molecular weight excluding hydrogens is 215 g/mol. The van der Waals surface area contributed by atoms with Gasteiger partial charge in [0.05, 0.1) is 0 Å². The van der Waals surface area contributed by atoms with E-state index in [9.17, 15) is 13.2 Å². The number of halogens is 3. The summed E-state index contributed by atoms with van der Waals surface area (Å²) in [5.74, 6) is 0. The lowest BCUT2D eigenvalue weighted by Crippen LogP contribution is -2.34. The fourth-order valence-electron chi connectivity index (χ4n) is 1.49. The maximum absolute atomic E-state index is 12.8. The number of nitrogens with one attached hydrogen (secondary N) is 1. The minimum Gasteiger partial charge on any atom is -0.302 e. The van der Waals surface area contributed by atoms with Gasteiger partial charge in [-0.2, -0.15) is 13.2 Å². The van der Waals surface area contributed by atoms with Crippen LogP contribution in [-0.4, -0.2) is 12.7 Å². The van der Waals surface area contributed by atoms with E-state index in [0.717, 1.165) is 12.8 Å². The Hall–Kier alpha value is -1.03. The summed E-state index contributed by atoms with van der Waals surface area (Å²) in [6.07, 6.45) is -2.61. The van der Waals surface area contributed by atoms with Crippen molar-refractivity contribution >= 4 is 0 Å². The smallest absolute Gasteiger partial charge is 0.302 e. The van der Waals surface area contributed by atoms with E-state index in [4.69, 9.17) is 0 Å². The summed E-state index contributed by atoms with van der Waals surface area (Å²) in [7, 11) is 0. The zero-order valence-electron chi connectivity index (χ0n) is 9.22. The van der Waals surface area contributed by atoms with Crippen molar-refractivity contribution in [3.8, 4) is 0 Å². The molecule has 0 spiro atoms. The average Bonchev–Trinajstić information content (AvgIpc) is 2.24. The van der Waals surface area contributed by atoms with E-state index in [1.54, 1.807) is 18.2 Å². The molecule has 0 aliphatic rings. The van der Waals surface area contributed by atoms with E-state index in [-0.39, 0.29) is 5.56 Å². The predicted octanol–water partition coefficient (Wildman–Crippen LogP) is 3.68. The molecule has 0 saturated heterocycles. The lowest BCUT2D eigenvalue weighted by atomic mass is 10.1. The highest BCUT2D eigenvalue weighted by Crippen LogP contribution is 2.32. The van der Waals surface area contributed by atoms with Crippen LogP contribution in [-0.2, 0) is 0 Å². The van der Waals surface area contributed by atoms with Crippen molar-refractivity contribution in [3.05, 3.63) is 35.9 Å². The first kappa shape index (κ1) is 13.0. The SMILES string of the molecule is CCCCNC(c1ccccc1)C(F)(F)F. The normalized spacial score (nSPS) is 13.8. The Morgan fingerprint density at radius 2 is 1.81 bits per heavy atom. The highest BCUT2D eigenvalue weighted by molar-refractivity contribution is 5.20.